The average molecular weight is 472 g/mol. The van der Waals surface area contributed by atoms with E-state index in [2.05, 4.69) is 16.0 Å². The Hall–Kier alpha value is -3.32. The van der Waals surface area contributed by atoms with Crippen LogP contribution in [0.2, 0.25) is 0 Å². The molecule has 188 valence electrons. The van der Waals surface area contributed by atoms with Gasteiger partial charge in [-0.15, -0.1) is 4.91 Å². The van der Waals surface area contributed by atoms with E-state index in [1.165, 1.54) is 0 Å². The van der Waals surface area contributed by atoms with Crippen molar-refractivity contribution in [3.63, 3.8) is 0 Å². The topological polar surface area (TPSA) is 164 Å². The van der Waals surface area contributed by atoms with Crippen molar-refractivity contribution >= 4 is 17.6 Å². The van der Waals surface area contributed by atoms with Gasteiger partial charge in [-0.3, -0.25) is 25.3 Å². The average Bonchev–Trinajstić information content (AvgIpc) is 3.26. The zero-order valence-electron chi connectivity index (χ0n) is 19.6. The van der Waals surface area contributed by atoms with Crippen LogP contribution >= 0.6 is 0 Å². The number of nitrogens with two attached hydrogens (primary N) is 1. The van der Waals surface area contributed by atoms with Crippen LogP contribution in [0.15, 0.2) is 23.3 Å². The summed E-state index contributed by atoms with van der Waals surface area (Å²) < 4.78 is 9.87. The molecular weight excluding hydrogens is 434 g/mol. The lowest BCUT2D eigenvalue weighted by atomic mass is 10.0. The molecule has 33 heavy (non-hydrogen) atoms. The van der Waals surface area contributed by atoms with Crippen molar-refractivity contribution in [1.82, 2.24) is 24.9 Å². The van der Waals surface area contributed by atoms with Crippen molar-refractivity contribution < 1.29 is 26.7 Å². The third-order valence-electron chi connectivity index (χ3n) is 4.81. The Kier molecular flexibility index (Phi) is 12.3. The summed E-state index contributed by atoms with van der Waals surface area (Å²) in [5.74, 6) is 3.70. The lowest BCUT2D eigenvalue weighted by Crippen LogP contribution is -2.43. The molecule has 3 rings (SSSR count). The molecule has 13 heteroatoms. The summed E-state index contributed by atoms with van der Waals surface area (Å²) in [6, 6.07) is 0. The van der Waals surface area contributed by atoms with Gasteiger partial charge >= 0.3 is 0 Å². The number of Topliss-reactive ketones (excluding diaryl/α,β-unsaturated/α-hetero) is 1. The number of nitrogens with zero attached hydrogens (tertiary/aromatic N) is 5. The maximum absolute atomic E-state index is 11.9. The molecule has 2 aliphatic rings. The molecular formula is C20H37N7O6. The summed E-state index contributed by atoms with van der Waals surface area (Å²) >= 11 is 0. The standard InChI is InChI=1S/C11H18N2O3.C9H13N3O2.H2N2O.2H2/c1-12(2)8-9-10(14)4-5-13(11(9)15)6-7-16-3;1-14-5-4-12-3-2-8-7(9(12)13)6-10-11-8;1-2-3;;/h8H,4-7H2,1-3H3;6H,2-5H2,1H3,(H,10,11);(H2,1,3);2*1H. The lowest BCUT2D eigenvalue weighted by Gasteiger charge is -2.27. The number of H-pyrrole nitrogens is 1. The molecule has 0 bridgehead atoms. The third kappa shape index (κ3) is 8.61. The number of carbonyl (C=O) groups excluding carboxylic acids is 3. The van der Waals surface area contributed by atoms with Gasteiger partial charge in [-0.05, 0) is 0 Å². The highest BCUT2D eigenvalue weighted by Gasteiger charge is 2.29. The van der Waals surface area contributed by atoms with E-state index in [9.17, 15) is 14.4 Å². The van der Waals surface area contributed by atoms with E-state index >= 15 is 0 Å². The van der Waals surface area contributed by atoms with Crippen LogP contribution in [0, 0.1) is 4.91 Å². The minimum atomic E-state index is -0.193. The zero-order valence-corrected chi connectivity index (χ0v) is 19.6. The van der Waals surface area contributed by atoms with Crippen LogP contribution in [-0.2, 0) is 25.5 Å². The molecule has 0 atom stereocenters. The first-order valence-electron chi connectivity index (χ1n) is 10.3. The molecule has 3 N–H and O–H groups in total. The quantitative estimate of drug-likeness (QED) is 0.184. The fraction of sp³-hybridized carbons (Fsp3) is 0.600. The SMILES string of the molecule is COCCN1CCC(=O)C(=CN(C)C)C1=O.COCCN1CCc2[nH]ncc2C1=O.NN=O.[HH].[HH]. The number of fused-ring (bicyclic) bond motifs is 1. The van der Waals surface area contributed by atoms with Gasteiger partial charge in [0.05, 0.1) is 30.5 Å². The fourth-order valence-corrected chi connectivity index (χ4v) is 3.18. The van der Waals surface area contributed by atoms with Gasteiger partial charge in [0.15, 0.2) is 5.78 Å². The van der Waals surface area contributed by atoms with Crippen LogP contribution in [0.25, 0.3) is 0 Å². The molecule has 2 aliphatic heterocycles. The number of amides is 2. The maximum atomic E-state index is 11.9. The Morgan fingerprint density at radius 3 is 2.21 bits per heavy atom. The highest BCUT2D eigenvalue weighted by Crippen LogP contribution is 2.15. The Balaban J connectivity index is 0. The Morgan fingerprint density at radius 2 is 1.67 bits per heavy atom. The van der Waals surface area contributed by atoms with Crippen LogP contribution in [0.5, 0.6) is 0 Å². The number of aromatic amines is 1. The van der Waals surface area contributed by atoms with Crippen LogP contribution in [0.4, 0.5) is 0 Å². The number of hydrogen-bond donors (Lipinski definition) is 2. The van der Waals surface area contributed by atoms with Crippen molar-refractivity contribution in [2.45, 2.75) is 12.8 Å². The number of aromatic nitrogens is 2. The van der Waals surface area contributed by atoms with Gasteiger partial charge < -0.3 is 24.2 Å². The highest BCUT2D eigenvalue weighted by atomic mass is 16.5. The number of hydrogen-bond acceptors (Lipinski definition) is 9. The number of piperidine rings is 1. The smallest absolute Gasteiger partial charge is 0.259 e. The molecule has 0 aromatic carbocycles. The Labute approximate surface area is 195 Å². The molecule has 0 unspecified atom stereocenters. The molecule has 13 nitrogen and oxygen atoms in total. The molecule has 0 spiro atoms. The molecule has 1 aromatic rings. The molecule has 0 saturated carbocycles. The van der Waals surface area contributed by atoms with E-state index in [1.807, 2.05) is 0 Å². The number of nitrogens with one attached hydrogen (secondary N) is 1. The van der Waals surface area contributed by atoms with Gasteiger partial charge in [-0.2, -0.15) is 5.10 Å². The molecule has 0 radical (unpaired) electrons. The van der Waals surface area contributed by atoms with Crippen molar-refractivity contribution in [2.24, 2.45) is 11.1 Å². The van der Waals surface area contributed by atoms with Gasteiger partial charge in [-0.25, -0.2) is 0 Å². The first-order valence-corrected chi connectivity index (χ1v) is 10.3. The monoisotopic (exact) mass is 471 g/mol. The van der Waals surface area contributed by atoms with Crippen LogP contribution < -0.4 is 5.84 Å². The molecule has 1 saturated heterocycles. The maximum Gasteiger partial charge on any atom is 0.259 e. The molecule has 0 aliphatic carbocycles. The Bertz CT molecular complexity index is 835. The normalized spacial score (nSPS) is 16.5. The summed E-state index contributed by atoms with van der Waals surface area (Å²) in [6.45, 7) is 3.50. The minimum absolute atomic E-state index is 0. The minimum Gasteiger partial charge on any atom is -0.383 e. The van der Waals surface area contributed by atoms with E-state index in [1.54, 1.807) is 60.7 Å². The number of nitroso groups, excluding NO2 is 1. The van der Waals surface area contributed by atoms with Gasteiger partial charge in [0.25, 0.3) is 11.8 Å². The van der Waals surface area contributed by atoms with E-state index in [0.29, 0.717) is 44.8 Å². The molecule has 1 fully saturated rings. The van der Waals surface area contributed by atoms with E-state index in [-0.39, 0.29) is 26.0 Å². The van der Waals surface area contributed by atoms with Gasteiger partial charge in [0.1, 0.15) is 0 Å². The summed E-state index contributed by atoms with van der Waals surface area (Å²) in [6.07, 6.45) is 4.43. The Morgan fingerprint density at radius 1 is 1.12 bits per heavy atom. The van der Waals surface area contributed by atoms with E-state index < -0.39 is 0 Å². The van der Waals surface area contributed by atoms with Crippen LogP contribution in [-0.4, -0.2) is 110 Å². The number of ether oxygens (including phenoxy) is 2. The summed E-state index contributed by atoms with van der Waals surface area (Å²) in [7, 11) is 6.82. The summed E-state index contributed by atoms with van der Waals surface area (Å²) in [4.78, 5) is 48.8. The molecule has 3 heterocycles. The van der Waals surface area contributed by atoms with Crippen molar-refractivity contribution in [2.75, 3.05) is 67.7 Å². The predicted molar refractivity (Wildman–Crippen MR) is 124 cm³/mol. The number of methoxy groups -OCH3 is 2. The van der Waals surface area contributed by atoms with Crippen molar-refractivity contribution in [3.05, 3.63) is 34.1 Å². The number of rotatable bonds is 7. The van der Waals surface area contributed by atoms with Gasteiger partial charge in [0.2, 0.25) is 0 Å². The van der Waals surface area contributed by atoms with Gasteiger partial charge in [0, 0.05) is 87.4 Å². The van der Waals surface area contributed by atoms with E-state index in [4.69, 9.17) is 14.4 Å². The summed E-state index contributed by atoms with van der Waals surface area (Å²) in [5, 5.41) is 8.45. The van der Waals surface area contributed by atoms with Crippen molar-refractivity contribution in [1.29, 1.82) is 0 Å². The second kappa shape index (κ2) is 14.7. The van der Waals surface area contributed by atoms with Gasteiger partial charge in [-0.1, -0.05) is 0 Å². The van der Waals surface area contributed by atoms with E-state index in [0.717, 1.165) is 18.7 Å². The first kappa shape index (κ1) is 27.7. The highest BCUT2D eigenvalue weighted by molar-refractivity contribution is 6.20. The second-order valence-corrected chi connectivity index (χ2v) is 7.37. The lowest BCUT2D eigenvalue weighted by molar-refractivity contribution is -0.134. The molecule has 2 amide bonds. The number of carbonyl (C=O) groups is 3. The first-order chi connectivity index (χ1) is 15.8. The largest absolute Gasteiger partial charge is 0.383 e. The van der Waals surface area contributed by atoms with Crippen molar-refractivity contribution in [3.8, 4) is 0 Å². The number of likely N-dealkylation sites (tertiary alicyclic amines) is 1. The summed E-state index contributed by atoms with van der Waals surface area (Å²) in [5.41, 5.74) is 1.92. The van der Waals surface area contributed by atoms with Crippen LogP contribution in [0.1, 0.15) is 25.3 Å². The number of ketones is 1. The zero-order chi connectivity index (χ0) is 24.8. The van der Waals surface area contributed by atoms with Crippen LogP contribution in [0.3, 0.4) is 0 Å². The predicted octanol–water partition coefficient (Wildman–Crippen LogP) is 0.0526. The third-order valence-corrected chi connectivity index (χ3v) is 4.81. The molecule has 1 aromatic heterocycles. The second-order valence-electron chi connectivity index (χ2n) is 7.37. The fourth-order valence-electron chi connectivity index (χ4n) is 3.18.